The summed E-state index contributed by atoms with van der Waals surface area (Å²) in [4.78, 5) is 21.6. The molecule has 2 aromatic carbocycles. The van der Waals surface area contributed by atoms with Crippen molar-refractivity contribution in [2.45, 2.75) is 13.8 Å². The minimum atomic E-state index is -0.0117. The molecule has 1 amide bonds. The molecule has 0 spiro atoms. The number of aryl methyl sites for hydroxylation is 1. The molecule has 5 nitrogen and oxygen atoms in total. The Morgan fingerprint density at radius 3 is 2.41 bits per heavy atom. The molecule has 4 rings (SSSR count). The number of nitrogens with one attached hydrogen (secondary N) is 1. The number of benzene rings is 2. The third kappa shape index (κ3) is 4.24. The molecule has 0 bridgehead atoms. The second-order valence-corrected chi connectivity index (χ2v) is 7.42. The Labute approximate surface area is 172 Å². The topological polar surface area (TPSA) is 48.5 Å². The van der Waals surface area contributed by atoms with Crippen LogP contribution in [0.4, 0.5) is 17.1 Å². The third-order valence-electron chi connectivity index (χ3n) is 5.53. The number of carbonyl (C=O) groups is 1. The molecule has 148 valence electrons. The lowest BCUT2D eigenvalue weighted by molar-refractivity contribution is 0.0741. The Balaban J connectivity index is 1.42. The molecular weight excluding hydrogens is 360 g/mol. The first-order valence-electron chi connectivity index (χ1n) is 10.0. The molecule has 1 N–H and O–H groups in total. The van der Waals surface area contributed by atoms with Gasteiger partial charge in [0.05, 0.1) is 0 Å². The van der Waals surface area contributed by atoms with E-state index in [-0.39, 0.29) is 5.91 Å². The summed E-state index contributed by atoms with van der Waals surface area (Å²) in [5.41, 5.74) is 6.21. The summed E-state index contributed by atoms with van der Waals surface area (Å²) in [6.45, 7) is 7.36. The second-order valence-electron chi connectivity index (χ2n) is 7.42. The molecule has 2 heterocycles. The van der Waals surface area contributed by atoms with Crippen molar-refractivity contribution in [2.75, 3.05) is 36.4 Å². The average Bonchev–Trinajstić information content (AvgIpc) is 2.76. The number of hydrogen-bond donors (Lipinski definition) is 1. The quantitative estimate of drug-likeness (QED) is 0.722. The van der Waals surface area contributed by atoms with Gasteiger partial charge in [0.1, 0.15) is 5.69 Å². The van der Waals surface area contributed by atoms with Crippen LogP contribution in [0.15, 0.2) is 66.9 Å². The number of hydrogen-bond acceptors (Lipinski definition) is 4. The molecule has 0 aliphatic carbocycles. The minimum absolute atomic E-state index is 0.0117. The predicted molar refractivity (Wildman–Crippen MR) is 118 cm³/mol. The number of amides is 1. The molecule has 1 fully saturated rings. The van der Waals surface area contributed by atoms with Crippen molar-refractivity contribution in [3.05, 3.63) is 83.7 Å². The maximum absolute atomic E-state index is 13.0. The van der Waals surface area contributed by atoms with Gasteiger partial charge in [-0.2, -0.15) is 0 Å². The Morgan fingerprint density at radius 2 is 1.66 bits per heavy atom. The summed E-state index contributed by atoms with van der Waals surface area (Å²) in [7, 11) is 0. The van der Waals surface area contributed by atoms with Crippen LogP contribution in [-0.4, -0.2) is 42.0 Å². The second kappa shape index (κ2) is 8.35. The van der Waals surface area contributed by atoms with Gasteiger partial charge in [0.2, 0.25) is 0 Å². The van der Waals surface area contributed by atoms with Gasteiger partial charge in [0.15, 0.2) is 0 Å². The van der Waals surface area contributed by atoms with E-state index in [4.69, 9.17) is 0 Å². The molecule has 0 atom stereocenters. The fourth-order valence-corrected chi connectivity index (χ4v) is 3.70. The Hall–Kier alpha value is -3.34. The minimum Gasteiger partial charge on any atom is -0.368 e. The van der Waals surface area contributed by atoms with Crippen molar-refractivity contribution in [2.24, 2.45) is 0 Å². The highest BCUT2D eigenvalue weighted by Gasteiger charge is 2.24. The van der Waals surface area contributed by atoms with E-state index in [1.54, 1.807) is 6.20 Å². The van der Waals surface area contributed by atoms with E-state index in [1.165, 1.54) is 16.8 Å². The molecule has 29 heavy (non-hydrogen) atoms. The van der Waals surface area contributed by atoms with E-state index in [9.17, 15) is 4.79 Å². The highest BCUT2D eigenvalue weighted by Crippen LogP contribution is 2.24. The molecule has 1 aliphatic heterocycles. The highest BCUT2D eigenvalue weighted by atomic mass is 16.2. The van der Waals surface area contributed by atoms with Crippen LogP contribution in [0.3, 0.4) is 0 Å². The summed E-state index contributed by atoms with van der Waals surface area (Å²) in [6, 6.07) is 20.0. The first kappa shape index (κ1) is 19.0. The molecule has 1 aromatic heterocycles. The van der Waals surface area contributed by atoms with Gasteiger partial charge in [0.25, 0.3) is 5.91 Å². The van der Waals surface area contributed by atoms with Crippen molar-refractivity contribution < 1.29 is 4.79 Å². The van der Waals surface area contributed by atoms with E-state index in [1.807, 2.05) is 47.4 Å². The van der Waals surface area contributed by atoms with Crippen molar-refractivity contribution in [1.29, 1.82) is 0 Å². The van der Waals surface area contributed by atoms with Crippen LogP contribution in [0.2, 0.25) is 0 Å². The smallest absolute Gasteiger partial charge is 0.272 e. The van der Waals surface area contributed by atoms with Crippen LogP contribution in [0.1, 0.15) is 21.6 Å². The van der Waals surface area contributed by atoms with Gasteiger partial charge in [-0.3, -0.25) is 9.78 Å². The first-order chi connectivity index (χ1) is 14.1. The van der Waals surface area contributed by atoms with E-state index in [0.717, 1.165) is 24.5 Å². The van der Waals surface area contributed by atoms with Gasteiger partial charge in [-0.25, -0.2) is 0 Å². The van der Waals surface area contributed by atoms with Crippen LogP contribution >= 0.6 is 0 Å². The van der Waals surface area contributed by atoms with Gasteiger partial charge in [-0.1, -0.05) is 30.3 Å². The number of para-hydroxylation sites is 1. The van der Waals surface area contributed by atoms with E-state index in [2.05, 4.69) is 47.2 Å². The standard InChI is InChI=1S/C24H26N4O/c1-18-7-6-10-23(19(18)2)27-13-15-28(16-14-27)24(29)22-17-21(11-12-25-22)26-20-8-4-3-5-9-20/h3-12,17H,13-16H2,1-2H3,(H,25,26). The van der Waals surface area contributed by atoms with Gasteiger partial charge in [-0.05, 0) is 55.3 Å². The zero-order valence-corrected chi connectivity index (χ0v) is 16.9. The molecule has 5 heteroatoms. The van der Waals surface area contributed by atoms with Crippen molar-refractivity contribution >= 4 is 23.0 Å². The highest BCUT2D eigenvalue weighted by molar-refractivity contribution is 5.93. The largest absolute Gasteiger partial charge is 0.368 e. The van der Waals surface area contributed by atoms with Crippen molar-refractivity contribution in [3.63, 3.8) is 0 Å². The monoisotopic (exact) mass is 386 g/mol. The Kier molecular flexibility index (Phi) is 5.47. The number of nitrogens with zero attached hydrogens (tertiary/aromatic N) is 3. The molecule has 1 saturated heterocycles. The maximum atomic E-state index is 13.0. The summed E-state index contributed by atoms with van der Waals surface area (Å²) in [5.74, 6) is -0.0117. The molecule has 0 unspecified atom stereocenters. The molecule has 1 aliphatic rings. The van der Waals surface area contributed by atoms with Crippen LogP contribution in [0, 0.1) is 13.8 Å². The zero-order valence-electron chi connectivity index (χ0n) is 16.9. The number of carbonyl (C=O) groups excluding carboxylic acids is 1. The van der Waals surface area contributed by atoms with E-state index < -0.39 is 0 Å². The average molecular weight is 386 g/mol. The molecule has 0 saturated carbocycles. The van der Waals surface area contributed by atoms with Crippen LogP contribution in [0.5, 0.6) is 0 Å². The van der Waals surface area contributed by atoms with Crippen LogP contribution < -0.4 is 10.2 Å². The van der Waals surface area contributed by atoms with E-state index in [0.29, 0.717) is 18.8 Å². The number of rotatable bonds is 4. The zero-order chi connectivity index (χ0) is 20.2. The Bertz CT molecular complexity index is 995. The predicted octanol–water partition coefficient (Wildman–Crippen LogP) is 4.40. The SMILES string of the molecule is Cc1cccc(N2CCN(C(=O)c3cc(Nc4ccccc4)ccn3)CC2)c1C. The van der Waals surface area contributed by atoms with Crippen molar-refractivity contribution in [1.82, 2.24) is 9.88 Å². The van der Waals surface area contributed by atoms with Gasteiger partial charge in [-0.15, -0.1) is 0 Å². The third-order valence-corrected chi connectivity index (χ3v) is 5.53. The number of anilines is 3. The molecular formula is C24H26N4O. The van der Waals surface area contributed by atoms with Gasteiger partial charge in [0, 0.05) is 49.4 Å². The fraction of sp³-hybridized carbons (Fsp3) is 0.250. The summed E-state index contributed by atoms with van der Waals surface area (Å²) >= 11 is 0. The lowest BCUT2D eigenvalue weighted by atomic mass is 10.1. The van der Waals surface area contributed by atoms with Gasteiger partial charge < -0.3 is 15.1 Å². The lowest BCUT2D eigenvalue weighted by Crippen LogP contribution is -2.49. The Morgan fingerprint density at radius 1 is 0.897 bits per heavy atom. The molecule has 3 aromatic rings. The van der Waals surface area contributed by atoms with Gasteiger partial charge >= 0.3 is 0 Å². The summed E-state index contributed by atoms with van der Waals surface area (Å²) in [5, 5.41) is 3.32. The fourth-order valence-electron chi connectivity index (χ4n) is 3.70. The molecule has 0 radical (unpaired) electrons. The van der Waals surface area contributed by atoms with Crippen LogP contribution in [-0.2, 0) is 0 Å². The first-order valence-corrected chi connectivity index (χ1v) is 10.0. The normalized spacial score (nSPS) is 14.0. The summed E-state index contributed by atoms with van der Waals surface area (Å²) < 4.78 is 0. The number of piperazine rings is 1. The van der Waals surface area contributed by atoms with Crippen LogP contribution in [0.25, 0.3) is 0 Å². The van der Waals surface area contributed by atoms with Crippen molar-refractivity contribution in [3.8, 4) is 0 Å². The van der Waals surface area contributed by atoms with E-state index >= 15 is 0 Å². The number of aromatic nitrogens is 1. The lowest BCUT2D eigenvalue weighted by Gasteiger charge is -2.37. The maximum Gasteiger partial charge on any atom is 0.272 e. The number of pyridine rings is 1. The summed E-state index contributed by atoms with van der Waals surface area (Å²) in [6.07, 6.45) is 1.69.